The number of nitrogens with two attached hydrogens (primary N) is 1. The van der Waals surface area contributed by atoms with Crippen LogP contribution in [0.3, 0.4) is 0 Å². The first-order chi connectivity index (χ1) is 29.4. The Kier molecular flexibility index (Phi) is 15.8. The number of β-lactam (4-membered cyclic amide) rings is 1. The molecule has 1 aliphatic rings. The number of nitrogens with one attached hydrogen (secondary N) is 2. The molecule has 4 rings (SSSR count). The molecule has 1 saturated heterocycles. The number of ether oxygens (including phenoxy) is 4. The third-order valence-corrected chi connectivity index (χ3v) is 9.68. The number of rotatable bonds is 18. The Hall–Kier alpha value is -5.85. The van der Waals surface area contributed by atoms with Gasteiger partial charge in [-0.1, -0.05) is 17.3 Å². The molecule has 2 aromatic heterocycles. The van der Waals surface area contributed by atoms with Gasteiger partial charge in [0, 0.05) is 36.7 Å². The van der Waals surface area contributed by atoms with E-state index in [1.807, 2.05) is 0 Å². The molecule has 0 aliphatic carbocycles. The van der Waals surface area contributed by atoms with Gasteiger partial charge in [-0.3, -0.25) is 24.1 Å². The van der Waals surface area contributed by atoms with Gasteiger partial charge in [0.25, 0.3) is 12.0 Å². The van der Waals surface area contributed by atoms with Crippen LogP contribution in [-0.2, 0) is 54.7 Å². The molecule has 3 aromatic rings. The highest BCUT2D eigenvalue weighted by Crippen LogP contribution is 2.41. The summed E-state index contributed by atoms with van der Waals surface area (Å²) in [7, 11) is -5.06. The number of alkyl carbamates (subject to hydrolysis) is 1. The summed E-state index contributed by atoms with van der Waals surface area (Å²) < 4.78 is 60.0. The number of anilines is 2. The van der Waals surface area contributed by atoms with Gasteiger partial charge in [-0.25, -0.2) is 19.4 Å². The van der Waals surface area contributed by atoms with Gasteiger partial charge in [0.15, 0.2) is 22.4 Å². The zero-order valence-electron chi connectivity index (χ0n) is 37.5. The van der Waals surface area contributed by atoms with Crippen molar-refractivity contribution in [2.75, 3.05) is 24.2 Å². The second-order valence-electron chi connectivity index (χ2n) is 18.0. The topological polar surface area (TPSA) is 291 Å². The molecule has 352 valence electrons. The van der Waals surface area contributed by atoms with Gasteiger partial charge in [0.1, 0.15) is 34.9 Å². The number of nitrogens with zero attached hydrogens (tertiary/aromatic N) is 5. The van der Waals surface area contributed by atoms with E-state index in [1.54, 1.807) is 97.5 Å². The van der Waals surface area contributed by atoms with Crippen molar-refractivity contribution in [3.05, 3.63) is 41.5 Å². The number of carbonyl (C=O) groups excluding carboxylic acids is 5. The zero-order chi connectivity index (χ0) is 48.0. The minimum atomic E-state index is -5.06. The number of thiazole rings is 1. The molecule has 1 aromatic carbocycles. The highest BCUT2D eigenvalue weighted by Gasteiger charge is 2.57. The Balaban J connectivity index is 1.53. The number of aryl methyl sites for hydroxylation is 1. The van der Waals surface area contributed by atoms with Crippen LogP contribution in [0, 0.1) is 5.92 Å². The average molecular weight is 937 g/mol. The van der Waals surface area contributed by atoms with Crippen LogP contribution >= 0.6 is 11.3 Å². The first-order valence-corrected chi connectivity index (χ1v) is 22.1. The first kappa shape index (κ1) is 50.8. The van der Waals surface area contributed by atoms with E-state index < -0.39 is 93.3 Å². The highest BCUT2D eigenvalue weighted by molar-refractivity contribution is 7.80. The molecule has 0 saturated carbocycles. The fraction of sp³-hybridized carbons (Fsp3) is 0.550. The van der Waals surface area contributed by atoms with Crippen molar-refractivity contribution in [3.8, 4) is 16.9 Å². The van der Waals surface area contributed by atoms with Gasteiger partial charge in [-0.15, -0.1) is 15.6 Å². The van der Waals surface area contributed by atoms with Gasteiger partial charge in [-0.2, -0.15) is 18.6 Å². The van der Waals surface area contributed by atoms with Gasteiger partial charge in [-0.05, 0) is 100 Å². The van der Waals surface area contributed by atoms with Crippen molar-refractivity contribution >= 4 is 68.2 Å². The van der Waals surface area contributed by atoms with Crippen LogP contribution < -0.4 is 21.1 Å². The Morgan fingerprint density at radius 3 is 2.16 bits per heavy atom. The van der Waals surface area contributed by atoms with Gasteiger partial charge in [0.05, 0.1) is 11.5 Å². The monoisotopic (exact) mass is 936 g/mol. The molecule has 24 heteroatoms. The van der Waals surface area contributed by atoms with Crippen molar-refractivity contribution in [2.24, 2.45) is 11.1 Å². The number of hydroxylamine groups is 2. The number of aromatic nitrogens is 3. The number of benzene rings is 1. The quantitative estimate of drug-likeness (QED) is 0.0240. The van der Waals surface area contributed by atoms with Crippen LogP contribution in [0.4, 0.5) is 20.5 Å². The maximum atomic E-state index is 14.0. The Morgan fingerprint density at radius 1 is 0.969 bits per heavy atom. The second-order valence-corrected chi connectivity index (χ2v) is 19.9. The summed E-state index contributed by atoms with van der Waals surface area (Å²) in [5.74, 6) is -3.23. The molecule has 0 radical (unpaired) electrons. The van der Waals surface area contributed by atoms with E-state index in [2.05, 4.69) is 30.2 Å². The summed E-state index contributed by atoms with van der Waals surface area (Å²) in [4.78, 5) is 74.7. The minimum Gasteiger partial charge on any atom is -0.489 e. The largest absolute Gasteiger partial charge is 0.489 e. The number of hydrogen-bond donors (Lipinski definition) is 4. The lowest BCUT2D eigenvalue weighted by molar-refractivity contribution is -0.228. The number of hydrogen-bond acceptors (Lipinski definition) is 18. The summed E-state index contributed by atoms with van der Waals surface area (Å²) in [6, 6.07) is 6.71. The molecule has 3 amide bonds. The molecule has 0 bridgehead atoms. The highest BCUT2D eigenvalue weighted by atomic mass is 32.3. The number of Topliss-reactive ketones (excluding diaryl/α,β-unsaturated/α-hetero) is 1. The molecular formula is C40H56N8O14S2. The van der Waals surface area contributed by atoms with Crippen LogP contribution in [-0.4, -0.2) is 110 Å². The molecule has 2 atom stereocenters. The zero-order valence-corrected chi connectivity index (χ0v) is 39.2. The summed E-state index contributed by atoms with van der Waals surface area (Å²) in [6.45, 7) is 18.4. The van der Waals surface area contributed by atoms with E-state index in [9.17, 15) is 32.4 Å². The van der Waals surface area contributed by atoms with Crippen molar-refractivity contribution in [2.45, 2.75) is 124 Å². The molecule has 3 heterocycles. The molecule has 5 N–H and O–H groups in total. The minimum absolute atomic E-state index is 0.00898. The SMILES string of the molecule is CC(C)(C)OC(=O)NCCCn1cc(-c2ccc(OCC(O/N=C(\C(=O)CC3C(=O)N(OS(=O)(=O)O)C3(C)C)c3csc(NC(=O)OC(C)(C)C)n3)C(=O)OC(C)(C)C)cc2)c(N)n1. The van der Waals surface area contributed by atoms with Gasteiger partial charge >= 0.3 is 28.6 Å². The van der Waals surface area contributed by atoms with Crippen LogP contribution in [0.1, 0.15) is 94.7 Å². The van der Waals surface area contributed by atoms with E-state index in [0.717, 1.165) is 11.3 Å². The fourth-order valence-corrected chi connectivity index (χ4v) is 6.90. The number of oxime groups is 1. The van der Waals surface area contributed by atoms with E-state index >= 15 is 0 Å². The predicted molar refractivity (Wildman–Crippen MR) is 232 cm³/mol. The normalized spacial score (nSPS) is 16.0. The number of ketones is 1. The molecule has 0 spiro atoms. The van der Waals surface area contributed by atoms with E-state index in [1.165, 1.54) is 19.2 Å². The van der Waals surface area contributed by atoms with Crippen LogP contribution in [0.15, 0.2) is 41.0 Å². The van der Waals surface area contributed by atoms with Crippen LogP contribution in [0.2, 0.25) is 0 Å². The lowest BCUT2D eigenvalue weighted by atomic mass is 9.74. The maximum Gasteiger partial charge on any atom is 0.418 e. The number of esters is 1. The van der Waals surface area contributed by atoms with Gasteiger partial charge < -0.3 is 34.8 Å². The van der Waals surface area contributed by atoms with Crippen molar-refractivity contribution in [1.82, 2.24) is 25.1 Å². The number of carbonyl (C=O) groups is 5. The van der Waals surface area contributed by atoms with E-state index in [-0.39, 0.29) is 16.6 Å². The molecule has 64 heavy (non-hydrogen) atoms. The predicted octanol–water partition coefficient (Wildman–Crippen LogP) is 5.29. The van der Waals surface area contributed by atoms with Gasteiger partial charge in [0.2, 0.25) is 0 Å². The summed E-state index contributed by atoms with van der Waals surface area (Å²) >= 11 is 0.911. The Labute approximate surface area is 375 Å². The summed E-state index contributed by atoms with van der Waals surface area (Å²) in [5, 5.41) is 15.4. The summed E-state index contributed by atoms with van der Waals surface area (Å²) in [5.41, 5.74) is 3.18. The lowest BCUT2D eigenvalue weighted by Crippen LogP contribution is -2.68. The second kappa shape index (κ2) is 19.9. The van der Waals surface area contributed by atoms with Crippen molar-refractivity contribution in [3.63, 3.8) is 0 Å². The van der Waals surface area contributed by atoms with E-state index in [0.29, 0.717) is 41.4 Å². The average Bonchev–Trinajstić information content (AvgIpc) is 3.75. The smallest absolute Gasteiger partial charge is 0.418 e. The molecule has 1 aliphatic heterocycles. The Bertz CT molecular complexity index is 2320. The summed E-state index contributed by atoms with van der Waals surface area (Å²) in [6.07, 6.45) is -1.14. The third kappa shape index (κ3) is 15.2. The maximum absolute atomic E-state index is 14.0. The van der Waals surface area contributed by atoms with Crippen molar-refractivity contribution < 1.29 is 65.0 Å². The van der Waals surface area contributed by atoms with Crippen LogP contribution in [0.25, 0.3) is 11.1 Å². The van der Waals surface area contributed by atoms with Crippen LogP contribution in [0.5, 0.6) is 5.75 Å². The van der Waals surface area contributed by atoms with Crippen molar-refractivity contribution in [1.29, 1.82) is 0 Å². The lowest BCUT2D eigenvalue weighted by Gasteiger charge is -2.50. The first-order valence-electron chi connectivity index (χ1n) is 19.9. The molecule has 2 unspecified atom stereocenters. The molecule has 22 nitrogen and oxygen atoms in total. The fourth-order valence-electron chi connectivity index (χ4n) is 5.77. The number of nitrogen functional groups attached to an aromatic ring is 1. The third-order valence-electron chi connectivity index (χ3n) is 8.58. The molecule has 1 fully saturated rings. The standard InChI is InChI=1S/C40H56N8O14S2/c1-37(2,3)58-33(51)29(21-57-24-15-13-23(14-16-24)25-20-47(45-31(25)41)18-12-17-42-35(52)59-38(4,5)6)61-46-30(27-22-63-34(43-27)44-36(53)60-39(7,8)9)28(49)19-26-32(50)48(40(26,10)11)62-64(54,55)56/h13-16,20,22,26,29H,12,17-19,21H2,1-11H3,(H2,41,45)(H,42,52)(H,43,44,53)(H,54,55,56)/b46-30-. The molecular weight excluding hydrogens is 881 g/mol. The van der Waals surface area contributed by atoms with E-state index in [4.69, 9.17) is 34.1 Å². The number of amides is 3. The Morgan fingerprint density at radius 2 is 1.58 bits per heavy atom.